The van der Waals surface area contributed by atoms with Crippen molar-refractivity contribution in [2.45, 2.75) is 29.7 Å². The smallest absolute Gasteiger partial charge is 0.0998 e. The normalized spacial score (nSPS) is 24.2. The van der Waals surface area contributed by atoms with Crippen LogP contribution in [-0.2, 0) is 0 Å². The molecule has 2 aromatic carbocycles. The molecule has 0 unspecified atom stereocenters. The molecule has 4 heteroatoms. The average Bonchev–Trinajstić information content (AvgIpc) is 2.83. The number of benzene rings is 2. The summed E-state index contributed by atoms with van der Waals surface area (Å²) in [5, 5.41) is 13.1. The molecule has 0 amide bonds. The van der Waals surface area contributed by atoms with Crippen molar-refractivity contribution in [1.82, 2.24) is 5.32 Å². The van der Waals surface area contributed by atoms with Crippen LogP contribution in [0.25, 0.3) is 11.1 Å². The lowest BCUT2D eigenvalue weighted by Gasteiger charge is -2.33. The van der Waals surface area contributed by atoms with Gasteiger partial charge in [0, 0.05) is 29.9 Å². The van der Waals surface area contributed by atoms with Crippen LogP contribution in [0.4, 0.5) is 5.69 Å². The zero-order chi connectivity index (χ0) is 16.8. The zero-order valence-corrected chi connectivity index (χ0v) is 15.0. The number of nitrogens with zero attached hydrogens (tertiary/aromatic N) is 2. The monoisotopic (exact) mass is 347 g/mol. The summed E-state index contributed by atoms with van der Waals surface area (Å²) in [6, 6.07) is 15.7. The predicted octanol–water partition coefficient (Wildman–Crippen LogP) is 3.99. The van der Waals surface area contributed by atoms with Crippen molar-refractivity contribution in [2.75, 3.05) is 30.3 Å². The van der Waals surface area contributed by atoms with Crippen molar-refractivity contribution in [3.63, 3.8) is 0 Å². The molecule has 2 atom stereocenters. The molecule has 5 rings (SSSR count). The zero-order valence-electron chi connectivity index (χ0n) is 14.2. The van der Waals surface area contributed by atoms with Crippen LogP contribution in [0.5, 0.6) is 0 Å². The van der Waals surface area contributed by atoms with Crippen molar-refractivity contribution in [1.29, 1.82) is 5.26 Å². The molecule has 25 heavy (non-hydrogen) atoms. The Morgan fingerprint density at radius 3 is 3.08 bits per heavy atom. The number of nitriles is 1. The van der Waals surface area contributed by atoms with Gasteiger partial charge in [-0.15, -0.1) is 11.8 Å². The third kappa shape index (κ3) is 2.38. The second-order valence-corrected chi connectivity index (χ2v) is 8.27. The maximum Gasteiger partial charge on any atom is 0.0998 e. The number of hydrogen-bond acceptors (Lipinski definition) is 4. The largest absolute Gasteiger partial charge is 0.367 e. The van der Waals surface area contributed by atoms with Gasteiger partial charge in [-0.1, -0.05) is 18.2 Å². The van der Waals surface area contributed by atoms with E-state index >= 15 is 0 Å². The third-order valence-corrected chi connectivity index (χ3v) is 6.91. The molecule has 0 spiro atoms. The molecule has 2 aromatic rings. The fourth-order valence-corrected chi connectivity index (χ4v) is 5.79. The number of hydrogen-bond donors (Lipinski definition) is 1. The van der Waals surface area contributed by atoms with E-state index in [0.717, 1.165) is 24.2 Å². The summed E-state index contributed by atoms with van der Waals surface area (Å²) in [6.45, 7) is 3.38. The van der Waals surface area contributed by atoms with Gasteiger partial charge >= 0.3 is 0 Å². The van der Waals surface area contributed by atoms with Crippen LogP contribution in [0.15, 0.2) is 41.3 Å². The van der Waals surface area contributed by atoms with E-state index < -0.39 is 0 Å². The summed E-state index contributed by atoms with van der Waals surface area (Å²) < 4.78 is 0. The van der Waals surface area contributed by atoms with E-state index in [9.17, 15) is 5.26 Å². The summed E-state index contributed by atoms with van der Waals surface area (Å²) >= 11 is 1.99. The molecule has 0 aromatic heterocycles. The minimum Gasteiger partial charge on any atom is -0.367 e. The lowest BCUT2D eigenvalue weighted by molar-refractivity contribution is 0.403. The number of fused-ring (bicyclic) bond motifs is 3. The Balaban J connectivity index is 1.71. The highest BCUT2D eigenvalue weighted by Gasteiger charge is 2.41. The van der Waals surface area contributed by atoms with Crippen molar-refractivity contribution < 1.29 is 0 Å². The van der Waals surface area contributed by atoms with E-state index in [0.29, 0.717) is 12.0 Å². The molecule has 3 aliphatic rings. The lowest BCUT2D eigenvalue weighted by atomic mass is 9.88. The molecule has 0 radical (unpaired) electrons. The maximum absolute atomic E-state index is 9.51. The topological polar surface area (TPSA) is 39.1 Å². The molecule has 0 aliphatic carbocycles. The van der Waals surface area contributed by atoms with Crippen molar-refractivity contribution in [2.24, 2.45) is 0 Å². The van der Waals surface area contributed by atoms with Gasteiger partial charge in [0.25, 0.3) is 0 Å². The minimum atomic E-state index is 0.579. The summed E-state index contributed by atoms with van der Waals surface area (Å²) in [5.74, 6) is 1.76. The quantitative estimate of drug-likeness (QED) is 0.847. The Bertz CT molecular complexity index is 870. The number of rotatable bonds is 1. The van der Waals surface area contributed by atoms with Crippen LogP contribution in [0.3, 0.4) is 0 Å². The molecule has 1 N–H and O–H groups in total. The Morgan fingerprint density at radius 1 is 1.24 bits per heavy atom. The second kappa shape index (κ2) is 6.09. The predicted molar refractivity (Wildman–Crippen MR) is 103 cm³/mol. The molecule has 0 bridgehead atoms. The summed E-state index contributed by atoms with van der Waals surface area (Å²) in [5.41, 5.74) is 6.01. The van der Waals surface area contributed by atoms with Gasteiger partial charge in [0.15, 0.2) is 0 Å². The van der Waals surface area contributed by atoms with Gasteiger partial charge in [0.05, 0.1) is 17.3 Å². The Kier molecular flexibility index (Phi) is 3.73. The van der Waals surface area contributed by atoms with Gasteiger partial charge in [0.2, 0.25) is 0 Å². The average molecular weight is 347 g/mol. The first-order valence-corrected chi connectivity index (χ1v) is 10.1. The van der Waals surface area contributed by atoms with E-state index in [-0.39, 0.29) is 0 Å². The molecule has 126 valence electrons. The van der Waals surface area contributed by atoms with Crippen molar-refractivity contribution >= 4 is 17.4 Å². The standard InChI is InChI=1S/C21H21N3S/c22-12-14-4-1-2-5-16(14)15-10-17-18-13-23-7-6-19(18)24-8-3-9-25-20(11-15)21(17)24/h1-2,4-5,10-11,18-19,23H,3,6-9,13H2/t18-,19-/m0/s1. The van der Waals surface area contributed by atoms with E-state index in [1.54, 1.807) is 0 Å². The van der Waals surface area contributed by atoms with E-state index in [1.165, 1.54) is 46.8 Å². The first-order valence-electron chi connectivity index (χ1n) is 9.14. The molecular weight excluding hydrogens is 326 g/mol. The molecule has 3 aliphatic heterocycles. The first-order chi connectivity index (χ1) is 12.4. The fourth-order valence-electron chi connectivity index (χ4n) is 4.71. The van der Waals surface area contributed by atoms with Gasteiger partial charge in [-0.2, -0.15) is 5.26 Å². The fraction of sp³-hybridized carbons (Fsp3) is 0.381. The Hall–Kier alpha value is -1.96. The lowest BCUT2D eigenvalue weighted by Crippen LogP contribution is -2.44. The first kappa shape index (κ1) is 15.3. The van der Waals surface area contributed by atoms with E-state index in [1.807, 2.05) is 30.0 Å². The highest BCUT2D eigenvalue weighted by molar-refractivity contribution is 7.99. The Labute approximate surface area is 153 Å². The van der Waals surface area contributed by atoms with Gasteiger partial charge in [-0.3, -0.25) is 0 Å². The van der Waals surface area contributed by atoms with Crippen LogP contribution in [0.2, 0.25) is 0 Å². The summed E-state index contributed by atoms with van der Waals surface area (Å²) in [7, 11) is 0. The van der Waals surface area contributed by atoms with E-state index in [4.69, 9.17) is 0 Å². The molecule has 1 saturated heterocycles. The molecule has 0 saturated carbocycles. The van der Waals surface area contributed by atoms with Gasteiger partial charge in [-0.05, 0) is 60.0 Å². The highest BCUT2D eigenvalue weighted by Crippen LogP contribution is 2.51. The van der Waals surface area contributed by atoms with Gasteiger partial charge in [0.1, 0.15) is 0 Å². The number of nitrogens with one attached hydrogen (secondary N) is 1. The van der Waals surface area contributed by atoms with Gasteiger partial charge < -0.3 is 10.2 Å². The third-order valence-electron chi connectivity index (χ3n) is 5.80. The summed E-state index contributed by atoms with van der Waals surface area (Å²) in [4.78, 5) is 4.10. The molecule has 3 nitrogen and oxygen atoms in total. The van der Waals surface area contributed by atoms with E-state index in [2.05, 4.69) is 34.5 Å². The van der Waals surface area contributed by atoms with Crippen molar-refractivity contribution in [3.05, 3.63) is 47.5 Å². The van der Waals surface area contributed by atoms with Crippen LogP contribution < -0.4 is 10.2 Å². The maximum atomic E-state index is 9.51. The summed E-state index contributed by atoms with van der Waals surface area (Å²) in [6.07, 6.45) is 2.48. The number of anilines is 1. The minimum absolute atomic E-state index is 0.579. The highest BCUT2D eigenvalue weighted by atomic mass is 32.2. The number of thioether (sulfide) groups is 1. The van der Waals surface area contributed by atoms with Crippen LogP contribution in [0.1, 0.15) is 29.9 Å². The Morgan fingerprint density at radius 2 is 2.16 bits per heavy atom. The number of piperidine rings is 1. The van der Waals surface area contributed by atoms with Crippen LogP contribution >= 0.6 is 11.8 Å². The van der Waals surface area contributed by atoms with Crippen molar-refractivity contribution in [3.8, 4) is 17.2 Å². The molecule has 3 heterocycles. The second-order valence-electron chi connectivity index (χ2n) is 7.13. The van der Waals surface area contributed by atoms with Gasteiger partial charge in [-0.25, -0.2) is 0 Å². The van der Waals surface area contributed by atoms with Crippen LogP contribution in [0, 0.1) is 11.3 Å². The van der Waals surface area contributed by atoms with Crippen LogP contribution in [-0.4, -0.2) is 31.4 Å². The SMILES string of the molecule is N#Cc1ccccc1-c1cc2c3c(c1)[C@@H]1CNCC[C@@H]1N3CCCS2. The molecular formula is C21H21N3S. The molecule has 1 fully saturated rings.